The zero-order chi connectivity index (χ0) is 7.40. The van der Waals surface area contributed by atoms with Gasteiger partial charge in [-0.1, -0.05) is 26.2 Å². The maximum absolute atomic E-state index is 5.78. The van der Waals surface area contributed by atoms with Gasteiger partial charge in [0.1, 0.15) is 0 Å². The van der Waals surface area contributed by atoms with E-state index in [9.17, 15) is 0 Å². The first-order chi connectivity index (χ1) is 4.84. The van der Waals surface area contributed by atoms with Gasteiger partial charge in [-0.25, -0.2) is 0 Å². The normalized spacial score (nSPS) is 21.8. The Morgan fingerprint density at radius 2 is 1.90 bits per heavy atom. The second-order valence-corrected chi connectivity index (χ2v) is 3.12. The predicted octanol–water partition coefficient (Wildman–Crippen LogP) is 1.72. The van der Waals surface area contributed by atoms with Crippen molar-refractivity contribution in [3.8, 4) is 0 Å². The number of hydrogen-bond donors (Lipinski definition) is 0. The standard InChI is InChI=1S/C8H16BN/c1-2-10(9)8-6-4-3-5-7-8/h8H,2-7H2,1H3. The molecule has 0 aliphatic heterocycles. The first kappa shape index (κ1) is 8.12. The lowest BCUT2D eigenvalue weighted by molar-refractivity contribution is 0.271. The molecule has 0 spiro atoms. The van der Waals surface area contributed by atoms with E-state index in [1.807, 2.05) is 4.81 Å². The van der Waals surface area contributed by atoms with Gasteiger partial charge in [0.2, 0.25) is 0 Å². The van der Waals surface area contributed by atoms with Crippen molar-refractivity contribution >= 4 is 7.98 Å². The summed E-state index contributed by atoms with van der Waals surface area (Å²) in [4.78, 5) is 1.99. The van der Waals surface area contributed by atoms with E-state index in [4.69, 9.17) is 7.98 Å². The Morgan fingerprint density at radius 1 is 1.30 bits per heavy atom. The Labute approximate surface area is 65.2 Å². The predicted molar refractivity (Wildman–Crippen MR) is 45.0 cm³/mol. The maximum Gasteiger partial charge on any atom is 0.182 e. The van der Waals surface area contributed by atoms with Gasteiger partial charge in [0.15, 0.2) is 7.98 Å². The summed E-state index contributed by atoms with van der Waals surface area (Å²) >= 11 is 0. The first-order valence-corrected chi connectivity index (χ1v) is 4.36. The summed E-state index contributed by atoms with van der Waals surface area (Å²) < 4.78 is 0. The number of rotatable bonds is 2. The molecule has 0 amide bonds. The first-order valence-electron chi connectivity index (χ1n) is 4.36. The maximum atomic E-state index is 5.78. The Kier molecular flexibility index (Phi) is 3.27. The second-order valence-electron chi connectivity index (χ2n) is 3.12. The number of nitrogens with zero attached hydrogens (tertiary/aromatic N) is 1. The van der Waals surface area contributed by atoms with E-state index in [1.165, 1.54) is 32.1 Å². The van der Waals surface area contributed by atoms with E-state index in [1.54, 1.807) is 0 Å². The van der Waals surface area contributed by atoms with Gasteiger partial charge in [0.25, 0.3) is 0 Å². The lowest BCUT2D eigenvalue weighted by Crippen LogP contribution is -2.34. The van der Waals surface area contributed by atoms with Crippen LogP contribution in [0.3, 0.4) is 0 Å². The monoisotopic (exact) mass is 137 g/mol. The minimum absolute atomic E-state index is 0.679. The fourth-order valence-electron chi connectivity index (χ4n) is 1.67. The molecule has 0 aromatic heterocycles. The molecule has 0 aromatic rings. The zero-order valence-electron chi connectivity index (χ0n) is 6.84. The van der Waals surface area contributed by atoms with Crippen LogP contribution in [-0.2, 0) is 0 Å². The van der Waals surface area contributed by atoms with Gasteiger partial charge in [-0.15, -0.1) is 0 Å². The summed E-state index contributed by atoms with van der Waals surface area (Å²) in [5.74, 6) is 0. The fourth-order valence-corrected chi connectivity index (χ4v) is 1.67. The van der Waals surface area contributed by atoms with Gasteiger partial charge in [-0.05, 0) is 25.4 Å². The molecular weight excluding hydrogens is 121 g/mol. The number of hydrogen-bond acceptors (Lipinski definition) is 1. The van der Waals surface area contributed by atoms with Crippen LogP contribution < -0.4 is 0 Å². The van der Waals surface area contributed by atoms with E-state index in [2.05, 4.69) is 6.92 Å². The van der Waals surface area contributed by atoms with Crippen molar-refractivity contribution in [3.63, 3.8) is 0 Å². The average Bonchev–Trinajstić information content (AvgIpc) is 2.05. The second kappa shape index (κ2) is 4.02. The van der Waals surface area contributed by atoms with Crippen LogP contribution in [0.2, 0.25) is 0 Å². The molecule has 1 aliphatic carbocycles. The Bertz CT molecular complexity index is 89.3. The van der Waals surface area contributed by atoms with Crippen molar-refractivity contribution in [1.82, 2.24) is 4.81 Å². The fraction of sp³-hybridized carbons (Fsp3) is 1.00. The summed E-state index contributed by atoms with van der Waals surface area (Å²) in [6.07, 6.45) is 6.78. The van der Waals surface area contributed by atoms with Gasteiger partial charge in [-0.3, -0.25) is 0 Å². The molecule has 2 radical (unpaired) electrons. The van der Waals surface area contributed by atoms with Crippen LogP contribution in [0.1, 0.15) is 39.0 Å². The van der Waals surface area contributed by atoms with Crippen molar-refractivity contribution in [2.45, 2.75) is 45.1 Å². The Morgan fingerprint density at radius 3 is 2.40 bits per heavy atom. The minimum Gasteiger partial charge on any atom is -0.351 e. The van der Waals surface area contributed by atoms with Crippen molar-refractivity contribution in [3.05, 3.63) is 0 Å². The van der Waals surface area contributed by atoms with Crippen molar-refractivity contribution in [2.75, 3.05) is 6.54 Å². The molecule has 0 unspecified atom stereocenters. The molecule has 0 bridgehead atoms. The third-order valence-electron chi connectivity index (χ3n) is 2.41. The largest absolute Gasteiger partial charge is 0.351 e. The lowest BCUT2D eigenvalue weighted by Gasteiger charge is -2.30. The Hall–Kier alpha value is 0.0249. The van der Waals surface area contributed by atoms with E-state index in [-0.39, 0.29) is 0 Å². The molecule has 56 valence electrons. The van der Waals surface area contributed by atoms with Crippen molar-refractivity contribution in [2.24, 2.45) is 0 Å². The van der Waals surface area contributed by atoms with E-state index in [0.717, 1.165) is 6.54 Å². The highest BCUT2D eigenvalue weighted by atomic mass is 15.1. The highest BCUT2D eigenvalue weighted by molar-refractivity contribution is 6.04. The van der Waals surface area contributed by atoms with Crippen LogP contribution in [0.4, 0.5) is 0 Å². The molecule has 0 saturated heterocycles. The Balaban J connectivity index is 2.24. The summed E-state index contributed by atoms with van der Waals surface area (Å²) in [5.41, 5.74) is 0. The molecule has 0 N–H and O–H groups in total. The van der Waals surface area contributed by atoms with Gasteiger partial charge < -0.3 is 4.81 Å². The van der Waals surface area contributed by atoms with E-state index >= 15 is 0 Å². The van der Waals surface area contributed by atoms with Gasteiger partial charge in [0.05, 0.1) is 0 Å². The van der Waals surface area contributed by atoms with Gasteiger partial charge >= 0.3 is 0 Å². The van der Waals surface area contributed by atoms with Gasteiger partial charge in [-0.2, -0.15) is 0 Å². The highest BCUT2D eigenvalue weighted by Gasteiger charge is 2.15. The summed E-state index contributed by atoms with van der Waals surface area (Å²) in [6, 6.07) is 0.679. The molecule has 1 fully saturated rings. The lowest BCUT2D eigenvalue weighted by atomic mass is 9.92. The topological polar surface area (TPSA) is 3.24 Å². The SMILES string of the molecule is [B]N(CC)C1CCCCC1. The van der Waals surface area contributed by atoms with E-state index in [0.29, 0.717) is 6.04 Å². The summed E-state index contributed by atoms with van der Waals surface area (Å²) in [5, 5.41) is 0. The van der Waals surface area contributed by atoms with Crippen molar-refractivity contribution in [1.29, 1.82) is 0 Å². The van der Waals surface area contributed by atoms with Crippen LogP contribution in [0.15, 0.2) is 0 Å². The molecule has 1 nitrogen and oxygen atoms in total. The molecule has 10 heavy (non-hydrogen) atoms. The quantitative estimate of drug-likeness (QED) is 0.524. The minimum atomic E-state index is 0.679. The smallest absolute Gasteiger partial charge is 0.182 e. The molecule has 0 aromatic carbocycles. The van der Waals surface area contributed by atoms with Crippen LogP contribution in [0.25, 0.3) is 0 Å². The molecule has 1 saturated carbocycles. The third-order valence-corrected chi connectivity index (χ3v) is 2.41. The molecule has 1 rings (SSSR count). The molecule has 1 aliphatic rings. The molecular formula is C8H16BN. The van der Waals surface area contributed by atoms with Gasteiger partial charge in [0, 0.05) is 0 Å². The third kappa shape index (κ3) is 2.01. The molecule has 2 heteroatoms. The molecule has 0 heterocycles. The van der Waals surface area contributed by atoms with Crippen LogP contribution in [0, 0.1) is 0 Å². The van der Waals surface area contributed by atoms with Crippen LogP contribution >= 0.6 is 0 Å². The van der Waals surface area contributed by atoms with Crippen LogP contribution in [0.5, 0.6) is 0 Å². The van der Waals surface area contributed by atoms with E-state index < -0.39 is 0 Å². The summed E-state index contributed by atoms with van der Waals surface area (Å²) in [7, 11) is 5.78. The average molecular weight is 137 g/mol. The summed E-state index contributed by atoms with van der Waals surface area (Å²) in [6.45, 7) is 3.11. The highest BCUT2D eigenvalue weighted by Crippen LogP contribution is 2.20. The van der Waals surface area contributed by atoms with Crippen LogP contribution in [-0.4, -0.2) is 25.4 Å². The zero-order valence-corrected chi connectivity index (χ0v) is 6.84. The molecule has 0 atom stereocenters. The van der Waals surface area contributed by atoms with Crippen molar-refractivity contribution < 1.29 is 0 Å².